The van der Waals surface area contributed by atoms with Crippen LogP contribution in [0.25, 0.3) is 0 Å². The molecule has 324 valence electrons. The lowest BCUT2D eigenvalue weighted by molar-refractivity contribution is -0.387. The van der Waals surface area contributed by atoms with Gasteiger partial charge in [0.15, 0.2) is 18.2 Å². The normalized spacial score (nSPS) is 57.0. The van der Waals surface area contributed by atoms with Crippen molar-refractivity contribution in [1.29, 1.82) is 0 Å². The highest BCUT2D eigenvalue weighted by molar-refractivity contribution is 5.32. The molecule has 13 heteroatoms. The van der Waals surface area contributed by atoms with E-state index in [1.807, 2.05) is 0 Å². The van der Waals surface area contributed by atoms with Crippen molar-refractivity contribution in [3.63, 3.8) is 0 Å². The Bertz CT molecular complexity index is 1630. The van der Waals surface area contributed by atoms with Gasteiger partial charge in [0, 0.05) is 12.8 Å². The molecule has 9 N–H and O–H groups in total. The molecule has 0 bridgehead atoms. The second kappa shape index (κ2) is 13.5. The number of rotatable bonds is 10. The van der Waals surface area contributed by atoms with Crippen LogP contribution in [0.1, 0.15) is 113 Å². The van der Waals surface area contributed by atoms with Gasteiger partial charge in [0.05, 0.1) is 31.5 Å². The molecule has 2 saturated heterocycles. The smallest absolute Gasteiger partial charge is 0.190 e. The first-order chi connectivity index (χ1) is 26.5. The number of aliphatic hydroxyl groups excluding tert-OH is 6. The molecule has 8 fully saturated rings. The van der Waals surface area contributed by atoms with E-state index in [0.717, 1.165) is 38.5 Å². The molecule has 0 aromatic rings. The molecule has 2 heterocycles. The summed E-state index contributed by atoms with van der Waals surface area (Å²) in [7, 11) is 0. The SMILES string of the molecule is C=C(CCC=C(C)C)[C@H]1CC[C@]2(C)C1[C@H](O)CC1[C@@]3(C)C[C@@H](O)[C@H](OC4OC(CO)[C@@H](O)C5(O)C[C@]45O[C@@H]4OC(CO)[C@@H](O)C5(O)C[C@]45O)C(C)(C)C3CC[C@]12C. The van der Waals surface area contributed by atoms with Crippen LogP contribution in [0, 0.1) is 45.3 Å². The predicted molar refractivity (Wildman–Crippen MR) is 206 cm³/mol. The molecule has 57 heavy (non-hydrogen) atoms. The first-order valence-corrected chi connectivity index (χ1v) is 21.5. The summed E-state index contributed by atoms with van der Waals surface area (Å²) in [5, 5.41) is 101. The van der Waals surface area contributed by atoms with Gasteiger partial charge in [0.2, 0.25) is 0 Å². The highest BCUT2D eigenvalue weighted by Crippen LogP contribution is 2.76. The van der Waals surface area contributed by atoms with Crippen LogP contribution < -0.4 is 0 Å². The molecule has 0 aromatic heterocycles. The Kier molecular flexibility index (Phi) is 10.1. The topological polar surface area (TPSA) is 219 Å². The second-order valence-corrected chi connectivity index (χ2v) is 21.5. The third kappa shape index (κ3) is 5.60. The minimum Gasteiger partial charge on any atom is -0.394 e. The van der Waals surface area contributed by atoms with Crippen molar-refractivity contribution < 1.29 is 64.9 Å². The highest BCUT2D eigenvalue weighted by Gasteiger charge is 2.86. The molecule has 2 aliphatic heterocycles. The van der Waals surface area contributed by atoms with Crippen molar-refractivity contribution in [3.05, 3.63) is 23.8 Å². The number of allylic oxidation sites excluding steroid dienone is 3. The van der Waals surface area contributed by atoms with E-state index in [0.29, 0.717) is 12.8 Å². The Hall–Kier alpha value is -1.04. The van der Waals surface area contributed by atoms with Crippen molar-refractivity contribution in [2.24, 2.45) is 45.3 Å². The Morgan fingerprint density at radius 3 is 2.02 bits per heavy atom. The molecule has 0 spiro atoms. The van der Waals surface area contributed by atoms with E-state index in [1.54, 1.807) is 0 Å². The van der Waals surface area contributed by atoms with Crippen LogP contribution in [0.15, 0.2) is 23.8 Å². The van der Waals surface area contributed by atoms with E-state index in [-0.39, 0.29) is 52.8 Å². The average Bonchev–Trinajstić information content (AvgIpc) is 3.88. The lowest BCUT2D eigenvalue weighted by Crippen LogP contribution is -2.69. The Morgan fingerprint density at radius 1 is 0.772 bits per heavy atom. The van der Waals surface area contributed by atoms with Crippen LogP contribution in [0.5, 0.6) is 0 Å². The van der Waals surface area contributed by atoms with Crippen molar-refractivity contribution >= 4 is 0 Å². The third-order valence-corrected chi connectivity index (χ3v) is 18.1. The zero-order valence-electron chi connectivity index (χ0n) is 34.9. The summed E-state index contributed by atoms with van der Waals surface area (Å²) in [6.45, 7) is 18.7. The zero-order valence-corrected chi connectivity index (χ0v) is 34.9. The van der Waals surface area contributed by atoms with Crippen LogP contribution in [0.3, 0.4) is 0 Å². The third-order valence-electron chi connectivity index (χ3n) is 18.1. The zero-order chi connectivity index (χ0) is 41.7. The highest BCUT2D eigenvalue weighted by atomic mass is 16.8. The van der Waals surface area contributed by atoms with Gasteiger partial charge in [0.1, 0.15) is 41.2 Å². The lowest BCUT2D eigenvalue weighted by atomic mass is 9.35. The summed E-state index contributed by atoms with van der Waals surface area (Å²) in [5.74, 6) is 0.557. The number of aliphatic hydroxyl groups is 9. The fraction of sp³-hybridized carbons (Fsp3) is 0.909. The summed E-state index contributed by atoms with van der Waals surface area (Å²) in [6.07, 6.45) is -2.81. The fourth-order valence-corrected chi connectivity index (χ4v) is 14.7. The van der Waals surface area contributed by atoms with E-state index in [4.69, 9.17) is 18.9 Å². The molecule has 0 radical (unpaired) electrons. The summed E-state index contributed by atoms with van der Waals surface area (Å²) in [4.78, 5) is 0. The minimum absolute atomic E-state index is 0.0495. The van der Waals surface area contributed by atoms with Crippen molar-refractivity contribution in [1.82, 2.24) is 0 Å². The maximum absolute atomic E-state index is 12.3. The van der Waals surface area contributed by atoms with Crippen LogP contribution in [-0.2, 0) is 18.9 Å². The molecule has 6 aliphatic carbocycles. The Morgan fingerprint density at radius 2 is 1.39 bits per heavy atom. The second-order valence-electron chi connectivity index (χ2n) is 21.5. The van der Waals surface area contributed by atoms with Gasteiger partial charge in [-0.25, -0.2) is 0 Å². The molecule has 8 aliphatic rings. The van der Waals surface area contributed by atoms with E-state index >= 15 is 0 Å². The summed E-state index contributed by atoms with van der Waals surface area (Å²) in [6, 6.07) is 0. The van der Waals surface area contributed by atoms with Gasteiger partial charge in [-0.1, -0.05) is 58.4 Å². The van der Waals surface area contributed by atoms with Gasteiger partial charge < -0.3 is 64.9 Å². The molecule has 6 saturated carbocycles. The number of hydrogen-bond donors (Lipinski definition) is 9. The van der Waals surface area contributed by atoms with Crippen LogP contribution in [0.2, 0.25) is 0 Å². The maximum atomic E-state index is 12.3. The van der Waals surface area contributed by atoms with Gasteiger partial charge in [0.25, 0.3) is 0 Å². The summed E-state index contributed by atoms with van der Waals surface area (Å²) < 4.78 is 25.1. The summed E-state index contributed by atoms with van der Waals surface area (Å²) in [5.41, 5.74) is -6.72. The first-order valence-electron chi connectivity index (χ1n) is 21.5. The molecule has 8 rings (SSSR count). The first kappa shape index (κ1) is 42.6. The van der Waals surface area contributed by atoms with Gasteiger partial charge in [-0.05, 0) is 111 Å². The van der Waals surface area contributed by atoms with Gasteiger partial charge in [-0.3, -0.25) is 0 Å². The lowest BCUT2D eigenvalue weighted by Gasteiger charge is -2.71. The Labute approximate surface area is 337 Å². The minimum atomic E-state index is -2.09. The number of hydrogen-bond acceptors (Lipinski definition) is 13. The molecule has 20 atom stereocenters. The fourth-order valence-electron chi connectivity index (χ4n) is 14.7. The molecule has 0 aromatic carbocycles. The molecule has 13 nitrogen and oxygen atoms in total. The Balaban J connectivity index is 1.06. The van der Waals surface area contributed by atoms with E-state index < -0.39 is 96.3 Å². The van der Waals surface area contributed by atoms with Crippen molar-refractivity contribution in [2.45, 2.75) is 190 Å². The molecular weight excluding hydrogens is 736 g/mol. The van der Waals surface area contributed by atoms with Crippen LogP contribution in [-0.4, -0.2) is 137 Å². The molecule has 8 unspecified atom stereocenters. The monoisotopic (exact) mass is 806 g/mol. The maximum Gasteiger partial charge on any atom is 0.190 e. The van der Waals surface area contributed by atoms with E-state index in [1.165, 1.54) is 11.1 Å². The van der Waals surface area contributed by atoms with Crippen LogP contribution >= 0.6 is 0 Å². The van der Waals surface area contributed by atoms with Crippen LogP contribution in [0.4, 0.5) is 0 Å². The van der Waals surface area contributed by atoms with Gasteiger partial charge in [-0.15, -0.1) is 0 Å². The standard InChI is InChI=1S/C44H70O13/c1-22(2)10-9-11-23(3)24-12-14-40(8)31(24)25(47)16-30-38(6)17-26(48)34(37(4,5)29(38)13-15-39(30,40)7)56-36-44(21-42(44,52)33(50)28(19-46)55-36)57-35-43(53)20-41(43,51)32(49)27(18-45)54-35/h10,24-36,45-53H,3,9,11-21H2,1-2,4-8H3/t24-,25-,26-,27?,28?,29?,30?,31?,32-,33-,34+,35+,36?,38+,39-,40-,41?,42?,43+,44+/m1/s1. The molecular formula is C44H70O13. The van der Waals surface area contributed by atoms with E-state index in [9.17, 15) is 46.0 Å². The predicted octanol–water partition coefficient (Wildman–Crippen LogP) is 2.21. The average molecular weight is 807 g/mol. The number of fused-ring (bicyclic) bond motifs is 7. The van der Waals surface area contributed by atoms with Gasteiger partial charge in [-0.2, -0.15) is 0 Å². The molecule has 0 amide bonds. The largest absolute Gasteiger partial charge is 0.394 e. The van der Waals surface area contributed by atoms with Crippen molar-refractivity contribution in [3.8, 4) is 0 Å². The van der Waals surface area contributed by atoms with Gasteiger partial charge >= 0.3 is 0 Å². The summed E-state index contributed by atoms with van der Waals surface area (Å²) >= 11 is 0. The number of ether oxygens (including phenoxy) is 4. The van der Waals surface area contributed by atoms with E-state index in [2.05, 4.69) is 61.1 Å². The quantitative estimate of drug-likeness (QED) is 0.114. The van der Waals surface area contributed by atoms with Crippen molar-refractivity contribution in [2.75, 3.05) is 13.2 Å².